The lowest BCUT2D eigenvalue weighted by atomic mass is 10.4. The number of rotatable bonds is 6. The Morgan fingerprint density at radius 3 is 2.76 bits per heavy atom. The van der Waals surface area contributed by atoms with Gasteiger partial charge in [0.05, 0.1) is 24.3 Å². The molecule has 2 rings (SSSR count). The predicted octanol–water partition coefficient (Wildman–Crippen LogP) is 1.50. The largest absolute Gasteiger partial charge is 0.379 e. The van der Waals surface area contributed by atoms with E-state index in [1.54, 1.807) is 12.1 Å². The van der Waals surface area contributed by atoms with Crippen LogP contribution in [0.4, 0.5) is 0 Å². The number of aromatic nitrogens is 1. The first-order valence-electron chi connectivity index (χ1n) is 6.68. The van der Waals surface area contributed by atoms with Crippen LogP contribution in [0.1, 0.15) is 12.8 Å². The van der Waals surface area contributed by atoms with Gasteiger partial charge in [-0.2, -0.15) is 9.57 Å². The number of hydrogen-bond donors (Lipinski definition) is 0. The van der Waals surface area contributed by atoms with Gasteiger partial charge in [0.15, 0.2) is 0 Å². The third-order valence-electron chi connectivity index (χ3n) is 3.00. The van der Waals surface area contributed by atoms with Crippen molar-refractivity contribution in [3.63, 3.8) is 0 Å². The van der Waals surface area contributed by atoms with Crippen molar-refractivity contribution in [1.29, 1.82) is 5.26 Å². The van der Waals surface area contributed by atoms with Crippen LogP contribution in [0.25, 0.3) is 0 Å². The van der Waals surface area contributed by atoms with Crippen molar-refractivity contribution in [1.82, 2.24) is 9.29 Å². The first kappa shape index (κ1) is 16.2. The molecule has 0 aromatic carbocycles. The molecular formula is C13H17N3O3S2. The van der Waals surface area contributed by atoms with Crippen LogP contribution in [0, 0.1) is 11.3 Å². The van der Waals surface area contributed by atoms with Gasteiger partial charge in [0.2, 0.25) is 10.0 Å². The SMILES string of the molecule is N#CCCCSc1ccc(S(=O)(=O)N2CCOCC2)cn1. The third-order valence-corrected chi connectivity index (χ3v) is 5.91. The topological polar surface area (TPSA) is 83.3 Å². The number of sulfonamides is 1. The predicted molar refractivity (Wildman–Crippen MR) is 79.4 cm³/mol. The molecule has 1 aliphatic heterocycles. The van der Waals surface area contributed by atoms with Gasteiger partial charge in [0.25, 0.3) is 0 Å². The maximum atomic E-state index is 12.4. The molecule has 8 heteroatoms. The van der Waals surface area contributed by atoms with Crippen molar-refractivity contribution in [3.05, 3.63) is 18.3 Å². The Morgan fingerprint density at radius 2 is 2.14 bits per heavy atom. The van der Waals surface area contributed by atoms with Crippen LogP contribution in [-0.4, -0.2) is 49.8 Å². The summed E-state index contributed by atoms with van der Waals surface area (Å²) in [6, 6.07) is 5.39. The number of nitrogens with zero attached hydrogens (tertiary/aromatic N) is 3. The maximum Gasteiger partial charge on any atom is 0.244 e. The number of unbranched alkanes of at least 4 members (excludes halogenated alkanes) is 1. The van der Waals surface area contributed by atoms with Crippen LogP contribution in [-0.2, 0) is 14.8 Å². The lowest BCUT2D eigenvalue weighted by molar-refractivity contribution is 0.0730. The summed E-state index contributed by atoms with van der Waals surface area (Å²) >= 11 is 1.52. The van der Waals surface area contributed by atoms with Crippen molar-refractivity contribution in [2.75, 3.05) is 32.1 Å². The lowest BCUT2D eigenvalue weighted by Crippen LogP contribution is -2.40. The average Bonchev–Trinajstić information content (AvgIpc) is 2.53. The fourth-order valence-electron chi connectivity index (χ4n) is 1.87. The number of hydrogen-bond acceptors (Lipinski definition) is 6. The second-order valence-electron chi connectivity index (χ2n) is 4.46. The summed E-state index contributed by atoms with van der Waals surface area (Å²) in [7, 11) is -3.47. The molecule has 21 heavy (non-hydrogen) atoms. The summed E-state index contributed by atoms with van der Waals surface area (Å²) in [5, 5.41) is 9.23. The monoisotopic (exact) mass is 327 g/mol. The van der Waals surface area contributed by atoms with Crippen LogP contribution in [0.15, 0.2) is 28.3 Å². The fraction of sp³-hybridized carbons (Fsp3) is 0.538. The summed E-state index contributed by atoms with van der Waals surface area (Å²) in [6.45, 7) is 1.62. The van der Waals surface area contributed by atoms with Crippen molar-refractivity contribution >= 4 is 21.8 Å². The van der Waals surface area contributed by atoms with E-state index in [0.717, 1.165) is 17.2 Å². The van der Waals surface area contributed by atoms with E-state index in [0.29, 0.717) is 32.7 Å². The number of morpholine rings is 1. The molecule has 0 bridgehead atoms. The Kier molecular flexibility index (Phi) is 5.99. The highest BCUT2D eigenvalue weighted by molar-refractivity contribution is 7.99. The molecule has 0 amide bonds. The van der Waals surface area contributed by atoms with E-state index < -0.39 is 10.0 Å². The standard InChI is InChI=1S/C13H17N3O3S2/c14-5-1-2-10-20-13-4-3-12(11-15-13)21(17,18)16-6-8-19-9-7-16/h3-4,11H,1-2,6-10H2. The highest BCUT2D eigenvalue weighted by Crippen LogP contribution is 2.21. The van der Waals surface area contributed by atoms with Gasteiger partial charge in [-0.15, -0.1) is 11.8 Å². The van der Waals surface area contributed by atoms with Crippen LogP contribution >= 0.6 is 11.8 Å². The molecule has 1 aromatic rings. The molecule has 0 spiro atoms. The van der Waals surface area contributed by atoms with Crippen molar-refractivity contribution < 1.29 is 13.2 Å². The van der Waals surface area contributed by atoms with Crippen LogP contribution in [0.3, 0.4) is 0 Å². The molecular weight excluding hydrogens is 310 g/mol. The quantitative estimate of drug-likeness (QED) is 0.581. The second-order valence-corrected chi connectivity index (χ2v) is 7.51. The number of thioether (sulfide) groups is 1. The summed E-state index contributed by atoms with van der Waals surface area (Å²) < 4.78 is 31.4. The average molecular weight is 327 g/mol. The zero-order valence-electron chi connectivity index (χ0n) is 11.6. The van der Waals surface area contributed by atoms with E-state index in [-0.39, 0.29) is 4.90 Å². The molecule has 1 saturated heterocycles. The summed E-state index contributed by atoms with van der Waals surface area (Å²) in [5.74, 6) is 0.802. The molecule has 1 aliphatic rings. The Balaban J connectivity index is 1.99. The highest BCUT2D eigenvalue weighted by atomic mass is 32.2. The van der Waals surface area contributed by atoms with Gasteiger partial charge in [0.1, 0.15) is 4.90 Å². The molecule has 114 valence electrons. The molecule has 0 atom stereocenters. The molecule has 0 saturated carbocycles. The van der Waals surface area contributed by atoms with Gasteiger partial charge < -0.3 is 4.74 Å². The minimum Gasteiger partial charge on any atom is -0.379 e. The first-order chi connectivity index (χ1) is 10.1. The summed E-state index contributed by atoms with van der Waals surface area (Å²) in [4.78, 5) is 4.39. The zero-order chi connectivity index (χ0) is 15.1. The Morgan fingerprint density at radius 1 is 1.38 bits per heavy atom. The Hall–Kier alpha value is -1.14. The summed E-state index contributed by atoms with van der Waals surface area (Å²) in [5.41, 5.74) is 0. The minimum absolute atomic E-state index is 0.214. The molecule has 1 fully saturated rings. The third kappa shape index (κ3) is 4.41. The van der Waals surface area contributed by atoms with Crippen molar-refractivity contribution in [2.45, 2.75) is 22.8 Å². The van der Waals surface area contributed by atoms with E-state index in [9.17, 15) is 8.42 Å². The lowest BCUT2D eigenvalue weighted by Gasteiger charge is -2.25. The second kappa shape index (κ2) is 7.75. The van der Waals surface area contributed by atoms with Gasteiger partial charge in [0, 0.05) is 31.5 Å². The van der Waals surface area contributed by atoms with Gasteiger partial charge in [-0.3, -0.25) is 0 Å². The van der Waals surface area contributed by atoms with E-state index >= 15 is 0 Å². The van der Waals surface area contributed by atoms with Gasteiger partial charge >= 0.3 is 0 Å². The first-order valence-corrected chi connectivity index (χ1v) is 9.11. The zero-order valence-corrected chi connectivity index (χ0v) is 13.2. The van der Waals surface area contributed by atoms with E-state index in [1.165, 1.54) is 22.3 Å². The molecule has 6 nitrogen and oxygen atoms in total. The Labute approximate surface area is 129 Å². The minimum atomic E-state index is -3.47. The molecule has 0 N–H and O–H groups in total. The van der Waals surface area contributed by atoms with E-state index in [2.05, 4.69) is 11.1 Å². The van der Waals surface area contributed by atoms with Gasteiger partial charge in [-0.1, -0.05) is 0 Å². The van der Waals surface area contributed by atoms with Crippen molar-refractivity contribution in [2.24, 2.45) is 0 Å². The van der Waals surface area contributed by atoms with Crippen molar-refractivity contribution in [3.8, 4) is 6.07 Å². The Bertz CT molecular complexity index is 590. The van der Waals surface area contributed by atoms with Crippen LogP contribution in [0.2, 0.25) is 0 Å². The number of pyridine rings is 1. The van der Waals surface area contributed by atoms with Crippen LogP contribution in [0.5, 0.6) is 0 Å². The fourth-order valence-corrected chi connectivity index (χ4v) is 4.01. The molecule has 0 radical (unpaired) electrons. The molecule has 0 unspecified atom stereocenters. The maximum absolute atomic E-state index is 12.4. The van der Waals surface area contributed by atoms with E-state index in [4.69, 9.17) is 10.00 Å². The number of nitriles is 1. The molecule has 0 aliphatic carbocycles. The summed E-state index contributed by atoms with van der Waals surface area (Å²) in [6.07, 6.45) is 2.73. The van der Waals surface area contributed by atoms with Crippen LogP contribution < -0.4 is 0 Å². The molecule has 1 aromatic heterocycles. The smallest absolute Gasteiger partial charge is 0.244 e. The van der Waals surface area contributed by atoms with E-state index in [1.807, 2.05) is 0 Å². The normalized spacial score (nSPS) is 16.5. The molecule has 2 heterocycles. The highest BCUT2D eigenvalue weighted by Gasteiger charge is 2.26. The van der Waals surface area contributed by atoms with Gasteiger partial charge in [-0.25, -0.2) is 13.4 Å². The van der Waals surface area contributed by atoms with Gasteiger partial charge in [-0.05, 0) is 18.6 Å². The number of ether oxygens (including phenoxy) is 1.